The van der Waals surface area contributed by atoms with Crippen LogP contribution >= 0.6 is 12.2 Å². The van der Waals surface area contributed by atoms with Gasteiger partial charge in [0.1, 0.15) is 19.0 Å². The number of nitrogens with one attached hydrogen (secondary N) is 2. The lowest BCUT2D eigenvalue weighted by Crippen LogP contribution is -2.49. The Bertz CT molecular complexity index is 1870. The number of aromatic nitrogens is 2. The third kappa shape index (κ3) is 4.59. The van der Waals surface area contributed by atoms with Crippen molar-refractivity contribution in [2.75, 3.05) is 6.54 Å². The molecular weight excluding hydrogens is 563 g/mol. The smallest absolute Gasteiger partial charge is 0.355 e. The Morgan fingerprint density at radius 2 is 1.90 bits per heavy atom. The van der Waals surface area contributed by atoms with Gasteiger partial charge in [-0.1, -0.05) is 25.1 Å². The lowest BCUT2D eigenvalue weighted by Gasteiger charge is -2.35. The highest BCUT2D eigenvalue weighted by Gasteiger charge is 2.50. The fourth-order valence-corrected chi connectivity index (χ4v) is 5.45. The molecule has 10 nitrogen and oxygen atoms in total. The molecule has 2 aliphatic heterocycles. The first-order valence-electron chi connectivity index (χ1n) is 13.1. The molecule has 12 heteroatoms. The molecule has 4 heterocycles. The molecule has 0 saturated carbocycles. The largest absolute Gasteiger partial charge is 0.457 e. The van der Waals surface area contributed by atoms with Crippen LogP contribution in [-0.2, 0) is 37.8 Å². The van der Waals surface area contributed by atoms with Crippen LogP contribution in [0.4, 0.5) is 4.39 Å². The molecule has 0 radical (unpaired) electrons. The zero-order valence-electron chi connectivity index (χ0n) is 22.2. The van der Waals surface area contributed by atoms with Crippen molar-refractivity contribution >= 4 is 46.1 Å². The van der Waals surface area contributed by atoms with Crippen molar-refractivity contribution in [1.82, 2.24) is 20.2 Å². The maximum absolute atomic E-state index is 13.6. The van der Waals surface area contributed by atoms with Gasteiger partial charge in [0.2, 0.25) is 5.60 Å². The number of para-hydroxylation sites is 1. The second kappa shape index (κ2) is 10.5. The maximum atomic E-state index is 13.6. The zero-order valence-corrected chi connectivity index (χ0v) is 23.0. The highest BCUT2D eigenvalue weighted by molar-refractivity contribution is 7.80. The topological polar surface area (TPSA) is 129 Å². The van der Waals surface area contributed by atoms with Gasteiger partial charge in [-0.05, 0) is 61.1 Å². The van der Waals surface area contributed by atoms with E-state index in [0.717, 1.165) is 28.6 Å². The zero-order chi connectivity index (χ0) is 29.6. The molecule has 0 spiro atoms. The summed E-state index contributed by atoms with van der Waals surface area (Å²) in [7, 11) is 0. The summed E-state index contributed by atoms with van der Waals surface area (Å²) in [5.74, 6) is -2.77. The van der Waals surface area contributed by atoms with Crippen LogP contribution in [0.3, 0.4) is 0 Å². The lowest BCUT2D eigenvalue weighted by molar-refractivity contribution is -0.188. The Balaban J connectivity index is 1.25. The summed E-state index contributed by atoms with van der Waals surface area (Å²) in [6, 6.07) is 16.1. The van der Waals surface area contributed by atoms with Gasteiger partial charge >= 0.3 is 11.9 Å². The summed E-state index contributed by atoms with van der Waals surface area (Å²) < 4.78 is 25.8. The van der Waals surface area contributed by atoms with E-state index < -0.39 is 35.8 Å². The molecule has 4 aromatic rings. The Hall–Kier alpha value is -4.97. The van der Waals surface area contributed by atoms with Gasteiger partial charge in [-0.3, -0.25) is 19.7 Å². The Kier molecular flexibility index (Phi) is 6.77. The Morgan fingerprint density at radius 1 is 1.14 bits per heavy atom. The van der Waals surface area contributed by atoms with Crippen LogP contribution in [0.25, 0.3) is 22.3 Å². The number of hydrogen-bond acceptors (Lipinski definition) is 8. The van der Waals surface area contributed by atoms with Gasteiger partial charge in [0.15, 0.2) is 5.11 Å². The number of rotatable bonds is 5. The van der Waals surface area contributed by atoms with Gasteiger partial charge in [0.25, 0.3) is 11.5 Å². The van der Waals surface area contributed by atoms with E-state index in [2.05, 4.69) is 10.6 Å². The third-order valence-electron chi connectivity index (χ3n) is 7.40. The summed E-state index contributed by atoms with van der Waals surface area (Å²) in [6.45, 7) is 1.21. The quantitative estimate of drug-likeness (QED) is 0.236. The molecule has 2 aromatic carbocycles. The number of carbonyl (C=O) groups excluding carboxylic acids is 3. The normalized spacial score (nSPS) is 16.6. The first-order valence-corrected chi connectivity index (χ1v) is 13.5. The number of thiocarbonyl (C=S) groups is 1. The number of esters is 2. The Labute approximate surface area is 243 Å². The van der Waals surface area contributed by atoms with Crippen LogP contribution in [-0.4, -0.2) is 39.1 Å². The van der Waals surface area contributed by atoms with E-state index in [1.54, 1.807) is 17.6 Å². The van der Waals surface area contributed by atoms with Crippen LogP contribution in [0.15, 0.2) is 65.5 Å². The first-order chi connectivity index (χ1) is 20.2. The van der Waals surface area contributed by atoms with Crippen molar-refractivity contribution in [3.63, 3.8) is 0 Å². The summed E-state index contributed by atoms with van der Waals surface area (Å²) in [5, 5.41) is 5.72. The molecule has 0 bridgehead atoms. The molecule has 42 heavy (non-hydrogen) atoms. The number of carbonyl (C=O) groups is 3. The van der Waals surface area contributed by atoms with Crippen molar-refractivity contribution in [1.29, 1.82) is 0 Å². The van der Waals surface area contributed by atoms with Crippen molar-refractivity contribution in [2.45, 2.75) is 32.1 Å². The number of nitrogens with zero attached hydrogens (tertiary/aromatic N) is 2. The van der Waals surface area contributed by atoms with Gasteiger partial charge < -0.3 is 19.4 Å². The summed E-state index contributed by atoms with van der Waals surface area (Å²) in [6.07, 6.45) is -0.00276. The van der Waals surface area contributed by atoms with Crippen molar-refractivity contribution in [3.8, 4) is 11.4 Å². The molecule has 0 fully saturated rings. The SMILES string of the molecule is CC[C@@]1(OC(=O)CNC(=S)NC(=O)c2ccc(F)cc2)C(=O)OCc2c1cc1n(c2=O)Cc2cc3ccccc3nc2-1. The van der Waals surface area contributed by atoms with Gasteiger partial charge in [-0.15, -0.1) is 0 Å². The van der Waals surface area contributed by atoms with Crippen molar-refractivity contribution in [3.05, 3.63) is 99.1 Å². The Morgan fingerprint density at radius 3 is 2.67 bits per heavy atom. The molecule has 212 valence electrons. The van der Waals surface area contributed by atoms with Gasteiger partial charge in [-0.25, -0.2) is 14.2 Å². The fourth-order valence-electron chi connectivity index (χ4n) is 5.29. The summed E-state index contributed by atoms with van der Waals surface area (Å²) in [5.41, 5.74) is 1.17. The molecule has 0 unspecified atom stereocenters. The number of fused-ring (bicyclic) bond motifs is 5. The second-order valence-electron chi connectivity index (χ2n) is 9.88. The fraction of sp³-hybridized carbons (Fsp3) is 0.200. The molecule has 1 amide bonds. The molecular formula is C30H23FN4O6S. The monoisotopic (exact) mass is 586 g/mol. The number of halogens is 1. The number of benzene rings is 2. The van der Waals surface area contributed by atoms with E-state index in [4.69, 9.17) is 26.7 Å². The number of hydrogen-bond donors (Lipinski definition) is 2. The van der Waals surface area contributed by atoms with Crippen LogP contribution in [0.2, 0.25) is 0 Å². The average Bonchev–Trinajstić information content (AvgIpc) is 3.34. The van der Waals surface area contributed by atoms with Crippen LogP contribution in [0, 0.1) is 5.82 Å². The van der Waals surface area contributed by atoms with E-state index in [1.807, 2.05) is 30.3 Å². The molecule has 0 aliphatic carbocycles. The van der Waals surface area contributed by atoms with Gasteiger partial charge in [0.05, 0.1) is 29.0 Å². The molecule has 6 rings (SSSR count). The molecule has 0 saturated heterocycles. The third-order valence-corrected chi connectivity index (χ3v) is 7.65. The second-order valence-corrected chi connectivity index (χ2v) is 10.3. The van der Waals surface area contributed by atoms with Gasteiger partial charge in [-0.2, -0.15) is 0 Å². The number of ether oxygens (including phenoxy) is 2. The van der Waals surface area contributed by atoms with Gasteiger partial charge in [0, 0.05) is 22.1 Å². The van der Waals surface area contributed by atoms with E-state index >= 15 is 0 Å². The first kappa shape index (κ1) is 27.2. The summed E-state index contributed by atoms with van der Waals surface area (Å²) >= 11 is 5.10. The van der Waals surface area contributed by atoms with Crippen molar-refractivity contribution < 1.29 is 28.2 Å². The highest BCUT2D eigenvalue weighted by Crippen LogP contribution is 2.40. The lowest BCUT2D eigenvalue weighted by atomic mass is 9.85. The predicted octanol–water partition coefficient (Wildman–Crippen LogP) is 3.07. The number of amides is 1. The van der Waals surface area contributed by atoms with E-state index in [0.29, 0.717) is 17.9 Å². The minimum absolute atomic E-state index is 0.00276. The molecule has 2 N–H and O–H groups in total. The number of pyridine rings is 2. The highest BCUT2D eigenvalue weighted by atomic mass is 32.1. The minimum Gasteiger partial charge on any atom is -0.457 e. The molecule has 2 aliphatic rings. The minimum atomic E-state index is -1.88. The average molecular weight is 587 g/mol. The van der Waals surface area contributed by atoms with Crippen LogP contribution in [0.5, 0.6) is 0 Å². The molecule has 1 atom stereocenters. The maximum Gasteiger partial charge on any atom is 0.355 e. The van der Waals surface area contributed by atoms with Crippen molar-refractivity contribution in [2.24, 2.45) is 0 Å². The van der Waals surface area contributed by atoms with E-state index in [9.17, 15) is 23.6 Å². The van der Waals surface area contributed by atoms with E-state index in [-0.39, 0.29) is 40.4 Å². The van der Waals surface area contributed by atoms with Crippen LogP contribution < -0.4 is 16.2 Å². The molecule has 2 aromatic heterocycles. The van der Waals surface area contributed by atoms with Crippen LogP contribution in [0.1, 0.15) is 40.4 Å². The van der Waals surface area contributed by atoms with E-state index in [1.165, 1.54) is 12.1 Å². The summed E-state index contributed by atoms with van der Waals surface area (Å²) in [4.78, 5) is 56.9. The number of cyclic esters (lactones) is 1. The predicted molar refractivity (Wildman–Crippen MR) is 153 cm³/mol. The standard InChI is InChI=1S/C30H23FN4O6S/c1-2-30(41-24(36)13-32-29(42)34-26(37)16-7-9-19(31)10-8-16)21-12-23-25-18(11-17-5-3-4-6-22(17)33-25)14-35(23)27(38)20(21)15-40-28(30)39/h3-12H,2,13-15H2,1H3,(H2,32,34,37,42)/t30-/m0/s1.